The van der Waals surface area contributed by atoms with Gasteiger partial charge in [-0.05, 0) is 12.1 Å². The second-order valence-electron chi connectivity index (χ2n) is 1.17. The fraction of sp³-hybridized carbons (Fsp3) is 0. The highest BCUT2D eigenvalue weighted by Crippen LogP contribution is 2.03. The van der Waals surface area contributed by atoms with E-state index in [0.717, 1.165) is 4.47 Å². The molecule has 1 heterocycles. The second kappa shape index (κ2) is 5.51. The van der Waals surface area contributed by atoms with Crippen LogP contribution in [0.5, 0.6) is 0 Å². The van der Waals surface area contributed by atoms with Crippen LogP contribution in [0.1, 0.15) is 0 Å². The highest BCUT2D eigenvalue weighted by molar-refractivity contribution is 9.10. The first-order valence-electron chi connectivity index (χ1n) is 2.45. The lowest BCUT2D eigenvalue weighted by Gasteiger charge is -1.80. The molecule has 0 fully saturated rings. The Kier molecular flexibility index (Phi) is 5.12. The molecule has 0 aliphatic heterocycles. The predicted molar refractivity (Wildman–Crippen MR) is 43.2 cm³/mol. The zero-order chi connectivity index (χ0) is 7.11. The molecule has 0 aliphatic rings. The Morgan fingerprint density at radius 2 is 1.67 bits per heavy atom. The molecule has 0 saturated heterocycles. The minimum absolute atomic E-state index is 1.07. The molecular formula is C7H8BrN. The van der Waals surface area contributed by atoms with Gasteiger partial charge in [0, 0.05) is 16.9 Å². The number of hydrogen-bond donors (Lipinski definition) is 0. The zero-order valence-corrected chi connectivity index (χ0v) is 6.63. The van der Waals surface area contributed by atoms with E-state index in [2.05, 4.69) is 34.1 Å². The largest absolute Gasteiger partial charge is 0.265 e. The Morgan fingerprint density at radius 3 is 1.89 bits per heavy atom. The SMILES string of the molecule is Brc1ccncc1.C=C. The van der Waals surface area contributed by atoms with Crippen molar-refractivity contribution in [1.29, 1.82) is 0 Å². The monoisotopic (exact) mass is 185 g/mol. The molecule has 2 heteroatoms. The summed E-state index contributed by atoms with van der Waals surface area (Å²) in [5, 5.41) is 0. The van der Waals surface area contributed by atoms with Crippen molar-refractivity contribution in [3.05, 3.63) is 42.2 Å². The van der Waals surface area contributed by atoms with Crippen LogP contribution >= 0.6 is 15.9 Å². The molecule has 1 aromatic heterocycles. The molecule has 0 unspecified atom stereocenters. The fourth-order valence-corrected chi connectivity index (χ4v) is 0.570. The van der Waals surface area contributed by atoms with Crippen molar-refractivity contribution in [3.8, 4) is 0 Å². The van der Waals surface area contributed by atoms with E-state index in [1.165, 1.54) is 0 Å². The van der Waals surface area contributed by atoms with Crippen LogP contribution in [0.4, 0.5) is 0 Å². The van der Waals surface area contributed by atoms with Gasteiger partial charge in [-0.1, -0.05) is 15.9 Å². The van der Waals surface area contributed by atoms with Gasteiger partial charge in [-0.3, -0.25) is 4.98 Å². The fourth-order valence-electron chi connectivity index (χ4n) is 0.334. The molecule has 48 valence electrons. The third-order valence-corrected chi connectivity index (χ3v) is 1.17. The van der Waals surface area contributed by atoms with E-state index in [0.29, 0.717) is 0 Å². The van der Waals surface area contributed by atoms with Gasteiger partial charge in [-0.2, -0.15) is 0 Å². The lowest BCUT2D eigenvalue weighted by Crippen LogP contribution is -1.63. The van der Waals surface area contributed by atoms with Crippen molar-refractivity contribution in [3.63, 3.8) is 0 Å². The van der Waals surface area contributed by atoms with Gasteiger partial charge in [-0.25, -0.2) is 0 Å². The summed E-state index contributed by atoms with van der Waals surface area (Å²) in [4.78, 5) is 3.82. The van der Waals surface area contributed by atoms with E-state index in [1.807, 2.05) is 12.1 Å². The normalized spacial score (nSPS) is 7.22. The maximum absolute atomic E-state index is 3.82. The number of hydrogen-bond acceptors (Lipinski definition) is 1. The molecule has 0 radical (unpaired) electrons. The molecule has 0 atom stereocenters. The van der Waals surface area contributed by atoms with Crippen LogP contribution in [0.3, 0.4) is 0 Å². The maximum Gasteiger partial charge on any atom is 0.0279 e. The van der Waals surface area contributed by atoms with E-state index in [9.17, 15) is 0 Å². The van der Waals surface area contributed by atoms with E-state index < -0.39 is 0 Å². The Hall–Kier alpha value is -0.630. The minimum atomic E-state index is 1.07. The molecule has 0 N–H and O–H groups in total. The summed E-state index contributed by atoms with van der Waals surface area (Å²) < 4.78 is 1.07. The summed E-state index contributed by atoms with van der Waals surface area (Å²) in [6.45, 7) is 6.00. The molecule has 0 spiro atoms. The highest BCUT2D eigenvalue weighted by Gasteiger charge is 1.75. The number of pyridine rings is 1. The summed E-state index contributed by atoms with van der Waals surface area (Å²) in [6.07, 6.45) is 3.48. The molecule has 1 nitrogen and oxygen atoms in total. The van der Waals surface area contributed by atoms with E-state index in [4.69, 9.17) is 0 Å². The standard InChI is InChI=1S/C5H4BrN.C2H4/c6-5-1-3-7-4-2-5;1-2/h1-4H;1-2H2. The van der Waals surface area contributed by atoms with Crippen molar-refractivity contribution in [2.45, 2.75) is 0 Å². The Labute approximate surface area is 63.6 Å². The van der Waals surface area contributed by atoms with Gasteiger partial charge in [0.1, 0.15) is 0 Å². The van der Waals surface area contributed by atoms with Crippen molar-refractivity contribution in [1.82, 2.24) is 4.98 Å². The molecule has 1 aromatic rings. The first kappa shape index (κ1) is 8.37. The smallest absolute Gasteiger partial charge is 0.0279 e. The van der Waals surface area contributed by atoms with Gasteiger partial charge < -0.3 is 0 Å². The molecule has 0 aliphatic carbocycles. The van der Waals surface area contributed by atoms with Crippen molar-refractivity contribution >= 4 is 15.9 Å². The lowest BCUT2D eigenvalue weighted by molar-refractivity contribution is 1.32. The Morgan fingerprint density at radius 1 is 1.22 bits per heavy atom. The van der Waals surface area contributed by atoms with Crippen molar-refractivity contribution in [2.24, 2.45) is 0 Å². The number of rotatable bonds is 0. The van der Waals surface area contributed by atoms with Gasteiger partial charge >= 0.3 is 0 Å². The molecule has 0 saturated carbocycles. The first-order valence-corrected chi connectivity index (χ1v) is 3.24. The van der Waals surface area contributed by atoms with Gasteiger partial charge in [0.05, 0.1) is 0 Å². The molecule has 9 heavy (non-hydrogen) atoms. The summed E-state index contributed by atoms with van der Waals surface area (Å²) in [5.41, 5.74) is 0. The van der Waals surface area contributed by atoms with Crippen LogP contribution in [-0.2, 0) is 0 Å². The van der Waals surface area contributed by atoms with Crippen LogP contribution < -0.4 is 0 Å². The first-order chi connectivity index (χ1) is 4.39. The van der Waals surface area contributed by atoms with Gasteiger partial charge in [0.15, 0.2) is 0 Å². The van der Waals surface area contributed by atoms with Crippen LogP contribution in [0.25, 0.3) is 0 Å². The van der Waals surface area contributed by atoms with E-state index in [-0.39, 0.29) is 0 Å². The van der Waals surface area contributed by atoms with Crippen molar-refractivity contribution in [2.75, 3.05) is 0 Å². The van der Waals surface area contributed by atoms with Crippen LogP contribution in [-0.4, -0.2) is 4.98 Å². The topological polar surface area (TPSA) is 12.9 Å². The lowest BCUT2D eigenvalue weighted by atomic mass is 10.5. The number of halogens is 1. The average molecular weight is 186 g/mol. The maximum atomic E-state index is 3.82. The number of nitrogens with zero attached hydrogens (tertiary/aromatic N) is 1. The van der Waals surface area contributed by atoms with Gasteiger partial charge in [-0.15, -0.1) is 13.2 Å². The van der Waals surface area contributed by atoms with Crippen LogP contribution in [0.2, 0.25) is 0 Å². The molecule has 0 bridgehead atoms. The molecule has 1 rings (SSSR count). The summed E-state index contributed by atoms with van der Waals surface area (Å²) in [7, 11) is 0. The summed E-state index contributed by atoms with van der Waals surface area (Å²) in [5.74, 6) is 0. The Bertz CT molecular complexity index is 150. The molecule has 0 aromatic carbocycles. The van der Waals surface area contributed by atoms with E-state index >= 15 is 0 Å². The van der Waals surface area contributed by atoms with E-state index in [1.54, 1.807) is 12.4 Å². The summed E-state index contributed by atoms with van der Waals surface area (Å²) in [6, 6.07) is 3.78. The van der Waals surface area contributed by atoms with Gasteiger partial charge in [0.25, 0.3) is 0 Å². The summed E-state index contributed by atoms with van der Waals surface area (Å²) >= 11 is 3.27. The zero-order valence-electron chi connectivity index (χ0n) is 5.05. The average Bonchev–Trinajstić information content (AvgIpc) is 1.94. The third-order valence-electron chi connectivity index (χ3n) is 0.640. The van der Waals surface area contributed by atoms with Crippen LogP contribution in [0, 0.1) is 0 Å². The predicted octanol–water partition coefficient (Wildman–Crippen LogP) is 2.65. The number of aromatic nitrogens is 1. The quantitative estimate of drug-likeness (QED) is 0.567. The molecule has 0 amide bonds. The van der Waals surface area contributed by atoms with Gasteiger partial charge in [0.2, 0.25) is 0 Å². The third kappa shape index (κ3) is 3.91. The van der Waals surface area contributed by atoms with Crippen molar-refractivity contribution < 1.29 is 0 Å². The Balaban J connectivity index is 0.000000291. The highest BCUT2D eigenvalue weighted by atomic mass is 79.9. The molecular weight excluding hydrogens is 178 g/mol. The van der Waals surface area contributed by atoms with Crippen LogP contribution in [0.15, 0.2) is 42.2 Å². The second-order valence-corrected chi connectivity index (χ2v) is 2.08. The minimum Gasteiger partial charge on any atom is -0.265 e.